The van der Waals surface area contributed by atoms with Gasteiger partial charge in [-0.15, -0.1) is 0 Å². The molecule has 106 valence electrons. The number of hydrogen-bond acceptors (Lipinski definition) is 3. The van der Waals surface area contributed by atoms with E-state index < -0.39 is 0 Å². The number of rotatable bonds is 6. The maximum atomic E-state index is 9.27. The molecule has 1 fully saturated rings. The number of nitrogens with zero attached hydrogens (tertiary/aromatic N) is 1. The fourth-order valence-electron chi connectivity index (χ4n) is 2.64. The first-order valence-corrected chi connectivity index (χ1v) is 7.28. The highest BCUT2D eigenvalue weighted by Crippen LogP contribution is 2.20. The molecule has 1 N–H and O–H groups in total. The van der Waals surface area contributed by atoms with Crippen molar-refractivity contribution in [2.24, 2.45) is 0 Å². The van der Waals surface area contributed by atoms with Crippen LogP contribution in [0.1, 0.15) is 38.2 Å². The monoisotopic (exact) mass is 263 g/mol. The minimum Gasteiger partial charge on any atom is -0.492 e. The summed E-state index contributed by atoms with van der Waals surface area (Å²) in [6.45, 7) is 7.32. The fraction of sp³-hybridized carbons (Fsp3) is 0.625. The van der Waals surface area contributed by atoms with Gasteiger partial charge in [-0.1, -0.05) is 26.0 Å². The summed E-state index contributed by atoms with van der Waals surface area (Å²) >= 11 is 0. The Morgan fingerprint density at radius 1 is 1.42 bits per heavy atom. The second kappa shape index (κ2) is 6.92. The third-order valence-electron chi connectivity index (χ3n) is 3.88. The maximum Gasteiger partial charge on any atom is 0.119 e. The normalized spacial score (nSPS) is 20.1. The van der Waals surface area contributed by atoms with E-state index in [4.69, 9.17) is 4.74 Å². The Kier molecular flexibility index (Phi) is 5.23. The molecular weight excluding hydrogens is 238 g/mol. The molecule has 1 saturated heterocycles. The van der Waals surface area contributed by atoms with Crippen LogP contribution in [-0.4, -0.2) is 42.4 Å². The molecule has 0 amide bonds. The summed E-state index contributed by atoms with van der Waals surface area (Å²) in [4.78, 5) is 2.33. The van der Waals surface area contributed by atoms with Gasteiger partial charge in [0.05, 0.1) is 6.61 Å². The van der Waals surface area contributed by atoms with Gasteiger partial charge >= 0.3 is 0 Å². The van der Waals surface area contributed by atoms with E-state index in [1.54, 1.807) is 0 Å². The predicted molar refractivity (Wildman–Crippen MR) is 77.7 cm³/mol. The predicted octanol–water partition coefficient (Wildman–Crippen LogP) is 2.65. The SMILES string of the molecule is CC(C)c1cccc(OCCN2CCCC2CO)c1. The molecule has 0 bridgehead atoms. The van der Waals surface area contributed by atoms with Crippen molar-refractivity contribution in [2.75, 3.05) is 26.3 Å². The Labute approximate surface area is 116 Å². The molecule has 0 aromatic heterocycles. The Bertz CT molecular complexity index is 392. The Morgan fingerprint density at radius 2 is 2.26 bits per heavy atom. The molecule has 3 nitrogen and oxygen atoms in total. The fourth-order valence-corrected chi connectivity index (χ4v) is 2.64. The van der Waals surface area contributed by atoms with Crippen molar-refractivity contribution < 1.29 is 9.84 Å². The topological polar surface area (TPSA) is 32.7 Å². The summed E-state index contributed by atoms with van der Waals surface area (Å²) in [6.07, 6.45) is 2.30. The summed E-state index contributed by atoms with van der Waals surface area (Å²) in [7, 11) is 0. The molecule has 0 aliphatic carbocycles. The van der Waals surface area contributed by atoms with Crippen molar-refractivity contribution in [1.29, 1.82) is 0 Å². The summed E-state index contributed by atoms with van der Waals surface area (Å²) in [6, 6.07) is 8.67. The number of benzene rings is 1. The molecule has 2 rings (SSSR count). The summed E-state index contributed by atoms with van der Waals surface area (Å²) in [5.74, 6) is 1.48. The van der Waals surface area contributed by atoms with E-state index in [2.05, 4.69) is 36.9 Å². The molecule has 0 radical (unpaired) electrons. The lowest BCUT2D eigenvalue weighted by Crippen LogP contribution is -2.35. The molecule has 19 heavy (non-hydrogen) atoms. The molecule has 3 heteroatoms. The van der Waals surface area contributed by atoms with Gasteiger partial charge in [0.1, 0.15) is 12.4 Å². The van der Waals surface area contributed by atoms with Crippen LogP contribution in [0.3, 0.4) is 0 Å². The van der Waals surface area contributed by atoms with E-state index in [0.29, 0.717) is 18.6 Å². The maximum absolute atomic E-state index is 9.27. The highest BCUT2D eigenvalue weighted by atomic mass is 16.5. The number of hydrogen-bond donors (Lipinski definition) is 1. The highest BCUT2D eigenvalue weighted by molar-refractivity contribution is 5.30. The summed E-state index contributed by atoms with van der Waals surface area (Å²) < 4.78 is 5.83. The lowest BCUT2D eigenvalue weighted by molar-refractivity contribution is 0.139. The average molecular weight is 263 g/mol. The average Bonchev–Trinajstić information content (AvgIpc) is 2.86. The van der Waals surface area contributed by atoms with Gasteiger partial charge in [-0.25, -0.2) is 0 Å². The van der Waals surface area contributed by atoms with Gasteiger partial charge < -0.3 is 9.84 Å². The quantitative estimate of drug-likeness (QED) is 0.856. The second-order valence-corrected chi connectivity index (χ2v) is 5.59. The zero-order valence-electron chi connectivity index (χ0n) is 12.0. The van der Waals surface area contributed by atoms with Crippen molar-refractivity contribution >= 4 is 0 Å². The van der Waals surface area contributed by atoms with Crippen LogP contribution in [0.25, 0.3) is 0 Å². The van der Waals surface area contributed by atoms with Crippen LogP contribution in [-0.2, 0) is 0 Å². The largest absolute Gasteiger partial charge is 0.492 e. The van der Waals surface area contributed by atoms with Crippen LogP contribution < -0.4 is 4.74 Å². The van der Waals surface area contributed by atoms with Gasteiger partial charge in [-0.05, 0) is 43.0 Å². The number of aliphatic hydroxyl groups excluding tert-OH is 1. The van der Waals surface area contributed by atoms with Gasteiger partial charge in [0.15, 0.2) is 0 Å². The minimum atomic E-state index is 0.267. The lowest BCUT2D eigenvalue weighted by atomic mass is 10.0. The van der Waals surface area contributed by atoms with Gasteiger partial charge in [-0.2, -0.15) is 0 Å². The molecule has 1 aromatic carbocycles. The van der Waals surface area contributed by atoms with Crippen molar-refractivity contribution in [1.82, 2.24) is 4.90 Å². The van der Waals surface area contributed by atoms with Crippen LogP contribution in [0, 0.1) is 0 Å². The lowest BCUT2D eigenvalue weighted by Gasteiger charge is -2.22. The van der Waals surface area contributed by atoms with E-state index >= 15 is 0 Å². The van der Waals surface area contributed by atoms with Crippen molar-refractivity contribution in [3.8, 4) is 5.75 Å². The molecule has 1 aliphatic heterocycles. The van der Waals surface area contributed by atoms with Crippen molar-refractivity contribution in [2.45, 2.75) is 38.6 Å². The van der Waals surface area contributed by atoms with Crippen LogP contribution in [0.5, 0.6) is 5.75 Å². The first-order valence-electron chi connectivity index (χ1n) is 7.28. The van der Waals surface area contributed by atoms with E-state index in [0.717, 1.165) is 25.3 Å². The Balaban J connectivity index is 1.80. The third kappa shape index (κ3) is 3.95. The molecule has 1 aromatic rings. The third-order valence-corrected chi connectivity index (χ3v) is 3.88. The van der Waals surface area contributed by atoms with E-state index in [9.17, 15) is 5.11 Å². The van der Waals surface area contributed by atoms with E-state index in [1.165, 1.54) is 12.0 Å². The first kappa shape index (κ1) is 14.4. The molecule has 0 spiro atoms. The Hall–Kier alpha value is -1.06. The summed E-state index contributed by atoms with van der Waals surface area (Å²) in [5, 5.41) is 9.27. The molecule has 1 aliphatic rings. The molecule has 1 heterocycles. The Morgan fingerprint density at radius 3 is 3.00 bits per heavy atom. The molecule has 0 saturated carbocycles. The van der Waals surface area contributed by atoms with Crippen LogP contribution in [0.2, 0.25) is 0 Å². The smallest absolute Gasteiger partial charge is 0.119 e. The van der Waals surface area contributed by atoms with Gasteiger partial charge in [-0.3, -0.25) is 4.90 Å². The van der Waals surface area contributed by atoms with Gasteiger partial charge in [0, 0.05) is 12.6 Å². The number of likely N-dealkylation sites (tertiary alicyclic amines) is 1. The number of ether oxygens (including phenoxy) is 1. The molecule has 1 unspecified atom stereocenters. The van der Waals surface area contributed by atoms with Crippen molar-refractivity contribution in [3.05, 3.63) is 29.8 Å². The van der Waals surface area contributed by atoms with E-state index in [-0.39, 0.29) is 6.61 Å². The van der Waals surface area contributed by atoms with Crippen LogP contribution in [0.15, 0.2) is 24.3 Å². The minimum absolute atomic E-state index is 0.267. The van der Waals surface area contributed by atoms with Gasteiger partial charge in [0.25, 0.3) is 0 Å². The van der Waals surface area contributed by atoms with Gasteiger partial charge in [0.2, 0.25) is 0 Å². The first-order chi connectivity index (χ1) is 9.20. The molecular formula is C16H25NO2. The van der Waals surface area contributed by atoms with Crippen LogP contribution in [0.4, 0.5) is 0 Å². The standard InChI is InChI=1S/C16H25NO2/c1-13(2)14-5-3-7-16(11-14)19-10-9-17-8-4-6-15(17)12-18/h3,5,7,11,13,15,18H,4,6,8-10,12H2,1-2H3. The zero-order chi connectivity index (χ0) is 13.7. The number of aliphatic hydroxyl groups is 1. The zero-order valence-corrected chi connectivity index (χ0v) is 12.0. The summed E-state index contributed by atoms with van der Waals surface area (Å²) in [5.41, 5.74) is 1.31. The molecule has 1 atom stereocenters. The van der Waals surface area contributed by atoms with Crippen molar-refractivity contribution in [3.63, 3.8) is 0 Å². The highest BCUT2D eigenvalue weighted by Gasteiger charge is 2.22. The van der Waals surface area contributed by atoms with Crippen LogP contribution >= 0.6 is 0 Å². The second-order valence-electron chi connectivity index (χ2n) is 5.59. The van der Waals surface area contributed by atoms with E-state index in [1.807, 2.05) is 6.07 Å².